The number of nitrogens with one attached hydrogen (secondary N) is 1. The Kier molecular flexibility index (Phi) is 5.83. The highest BCUT2D eigenvalue weighted by molar-refractivity contribution is 7.14. The largest absolute Gasteiger partial charge is 0.447 e. The smallest absolute Gasteiger partial charge is 0.307 e. The molecule has 1 aliphatic carbocycles. The minimum atomic E-state index is -0.983. The zero-order valence-electron chi connectivity index (χ0n) is 14.6. The van der Waals surface area contributed by atoms with Crippen LogP contribution in [-0.4, -0.2) is 23.7 Å². The Labute approximate surface area is 156 Å². The molecular formula is C20H21NO4S. The maximum Gasteiger partial charge on any atom is 0.307 e. The molecule has 2 aromatic rings. The predicted octanol–water partition coefficient (Wildman–Crippen LogP) is 3.58. The molecular weight excluding hydrogens is 350 g/mol. The van der Waals surface area contributed by atoms with Gasteiger partial charge in [-0.15, -0.1) is 11.3 Å². The van der Waals surface area contributed by atoms with Crippen LogP contribution in [0.2, 0.25) is 0 Å². The zero-order valence-corrected chi connectivity index (χ0v) is 15.4. The first-order valence-electron chi connectivity index (χ1n) is 8.67. The fourth-order valence-corrected chi connectivity index (χ4v) is 3.35. The summed E-state index contributed by atoms with van der Waals surface area (Å²) >= 11 is 1.41. The Hall–Kier alpha value is -2.47. The number of ether oxygens (including phenoxy) is 1. The third-order valence-corrected chi connectivity index (χ3v) is 5.13. The number of esters is 1. The van der Waals surface area contributed by atoms with Gasteiger partial charge in [0.2, 0.25) is 6.10 Å². The molecule has 26 heavy (non-hydrogen) atoms. The molecule has 1 atom stereocenters. The molecule has 1 amide bonds. The highest BCUT2D eigenvalue weighted by atomic mass is 32.1. The monoisotopic (exact) mass is 371 g/mol. The summed E-state index contributed by atoms with van der Waals surface area (Å²) in [5.74, 6) is -0.947. The number of carbonyl (C=O) groups is 3. The highest BCUT2D eigenvalue weighted by Gasteiger charge is 2.30. The van der Waals surface area contributed by atoms with Gasteiger partial charge >= 0.3 is 5.97 Å². The van der Waals surface area contributed by atoms with Crippen LogP contribution in [0.1, 0.15) is 51.9 Å². The van der Waals surface area contributed by atoms with Gasteiger partial charge in [0.05, 0.1) is 11.3 Å². The van der Waals surface area contributed by atoms with E-state index in [0.29, 0.717) is 10.4 Å². The summed E-state index contributed by atoms with van der Waals surface area (Å²) in [5.41, 5.74) is 0.624. The standard InChI is InChI=1S/C20H21NO4S/c1-13-7-11-17(26-13)16(22)10-12-18(23)25-19(14-5-3-2-4-6-14)20(24)21-15-8-9-15/h2-7,11,15,19H,8-10,12H2,1H3,(H,21,24). The molecule has 0 aliphatic heterocycles. The van der Waals surface area contributed by atoms with Gasteiger partial charge in [0.25, 0.3) is 5.91 Å². The number of amides is 1. The Morgan fingerprint density at radius 1 is 1.12 bits per heavy atom. The van der Waals surface area contributed by atoms with Crippen LogP contribution in [0, 0.1) is 6.92 Å². The average molecular weight is 371 g/mol. The summed E-state index contributed by atoms with van der Waals surface area (Å²) in [6.07, 6.45) is 0.954. The molecule has 5 nitrogen and oxygen atoms in total. The van der Waals surface area contributed by atoms with Crippen LogP contribution in [-0.2, 0) is 14.3 Å². The Morgan fingerprint density at radius 3 is 2.46 bits per heavy atom. The van der Waals surface area contributed by atoms with E-state index < -0.39 is 12.1 Å². The van der Waals surface area contributed by atoms with Crippen molar-refractivity contribution in [1.29, 1.82) is 0 Å². The van der Waals surface area contributed by atoms with Gasteiger partial charge in [0.15, 0.2) is 5.78 Å². The van der Waals surface area contributed by atoms with E-state index in [0.717, 1.165) is 17.7 Å². The lowest BCUT2D eigenvalue weighted by Gasteiger charge is -2.18. The number of ketones is 1. The second kappa shape index (κ2) is 8.27. The summed E-state index contributed by atoms with van der Waals surface area (Å²) in [6, 6.07) is 12.8. The molecule has 1 N–H and O–H groups in total. The van der Waals surface area contributed by atoms with Crippen molar-refractivity contribution in [2.75, 3.05) is 0 Å². The summed E-state index contributed by atoms with van der Waals surface area (Å²) in [6.45, 7) is 1.93. The predicted molar refractivity (Wildman–Crippen MR) is 99.1 cm³/mol. The second-order valence-corrected chi connectivity index (χ2v) is 7.68. The molecule has 1 aliphatic rings. The minimum absolute atomic E-state index is 0.0458. The van der Waals surface area contributed by atoms with Gasteiger partial charge in [-0.1, -0.05) is 30.3 Å². The van der Waals surface area contributed by atoms with Crippen LogP contribution in [0.4, 0.5) is 0 Å². The van der Waals surface area contributed by atoms with Crippen LogP contribution in [0.3, 0.4) is 0 Å². The van der Waals surface area contributed by atoms with E-state index in [2.05, 4.69) is 5.32 Å². The zero-order chi connectivity index (χ0) is 18.5. The van der Waals surface area contributed by atoms with E-state index in [4.69, 9.17) is 4.74 Å². The Morgan fingerprint density at radius 2 is 1.85 bits per heavy atom. The molecule has 0 bridgehead atoms. The molecule has 0 radical (unpaired) electrons. The lowest BCUT2D eigenvalue weighted by Crippen LogP contribution is -2.33. The van der Waals surface area contributed by atoms with Crippen LogP contribution in [0.15, 0.2) is 42.5 Å². The summed E-state index contributed by atoms with van der Waals surface area (Å²) in [5, 5.41) is 2.87. The first kappa shape index (κ1) is 18.3. The van der Waals surface area contributed by atoms with Gasteiger partial charge in [-0.05, 0) is 31.9 Å². The Balaban J connectivity index is 1.59. The summed E-state index contributed by atoms with van der Waals surface area (Å²) in [4.78, 5) is 38.5. The number of carbonyl (C=O) groups excluding carboxylic acids is 3. The van der Waals surface area contributed by atoms with Crippen LogP contribution in [0.25, 0.3) is 0 Å². The average Bonchev–Trinajstić information content (AvgIpc) is 3.35. The molecule has 0 spiro atoms. The van der Waals surface area contributed by atoms with Crippen LogP contribution < -0.4 is 5.32 Å². The molecule has 1 heterocycles. The first-order valence-corrected chi connectivity index (χ1v) is 9.49. The number of hydrogen-bond donors (Lipinski definition) is 1. The highest BCUT2D eigenvalue weighted by Crippen LogP contribution is 2.24. The van der Waals surface area contributed by atoms with Crippen molar-refractivity contribution in [3.05, 3.63) is 57.8 Å². The number of Topliss-reactive ketones (excluding diaryl/α,β-unsaturated/α-hetero) is 1. The van der Waals surface area contributed by atoms with E-state index in [1.165, 1.54) is 11.3 Å². The van der Waals surface area contributed by atoms with Crippen LogP contribution in [0.5, 0.6) is 0 Å². The maximum atomic E-state index is 12.4. The summed E-state index contributed by atoms with van der Waals surface area (Å²) < 4.78 is 5.42. The maximum absolute atomic E-state index is 12.4. The summed E-state index contributed by atoms with van der Waals surface area (Å²) in [7, 11) is 0. The molecule has 1 aromatic carbocycles. The molecule has 3 rings (SSSR count). The number of thiophene rings is 1. The van der Waals surface area contributed by atoms with Gasteiger partial charge in [0.1, 0.15) is 0 Å². The van der Waals surface area contributed by atoms with Crippen molar-refractivity contribution in [3.8, 4) is 0 Å². The molecule has 1 fully saturated rings. The topological polar surface area (TPSA) is 72.5 Å². The van der Waals surface area contributed by atoms with E-state index in [-0.39, 0.29) is 30.6 Å². The first-order chi connectivity index (χ1) is 12.5. The molecule has 6 heteroatoms. The molecule has 1 aromatic heterocycles. The number of benzene rings is 1. The van der Waals surface area contributed by atoms with Crippen molar-refractivity contribution in [2.45, 2.75) is 44.8 Å². The van der Waals surface area contributed by atoms with Crippen LogP contribution >= 0.6 is 11.3 Å². The van der Waals surface area contributed by atoms with Gasteiger partial charge in [-0.25, -0.2) is 0 Å². The molecule has 1 saturated carbocycles. The van der Waals surface area contributed by atoms with Gasteiger partial charge in [-0.3, -0.25) is 14.4 Å². The number of aryl methyl sites for hydroxylation is 1. The van der Waals surface area contributed by atoms with Gasteiger partial charge in [-0.2, -0.15) is 0 Å². The number of hydrogen-bond acceptors (Lipinski definition) is 5. The van der Waals surface area contributed by atoms with Gasteiger partial charge in [0, 0.05) is 22.9 Å². The van der Waals surface area contributed by atoms with Crippen molar-refractivity contribution in [3.63, 3.8) is 0 Å². The second-order valence-electron chi connectivity index (χ2n) is 6.40. The van der Waals surface area contributed by atoms with E-state index in [1.54, 1.807) is 30.3 Å². The van der Waals surface area contributed by atoms with Crippen molar-refractivity contribution in [1.82, 2.24) is 5.32 Å². The van der Waals surface area contributed by atoms with E-state index in [1.807, 2.05) is 19.1 Å². The Bertz CT molecular complexity index is 795. The van der Waals surface area contributed by atoms with E-state index in [9.17, 15) is 14.4 Å². The normalized spacial score (nSPS) is 14.5. The fraction of sp³-hybridized carbons (Fsp3) is 0.350. The van der Waals surface area contributed by atoms with Crippen molar-refractivity contribution < 1.29 is 19.1 Å². The SMILES string of the molecule is Cc1ccc(C(=O)CCC(=O)OC(C(=O)NC2CC2)c2ccccc2)s1. The third kappa shape index (κ3) is 5.02. The number of rotatable bonds is 8. The van der Waals surface area contributed by atoms with Gasteiger partial charge < -0.3 is 10.1 Å². The van der Waals surface area contributed by atoms with Crippen molar-refractivity contribution in [2.24, 2.45) is 0 Å². The third-order valence-electron chi connectivity index (χ3n) is 4.08. The quantitative estimate of drug-likeness (QED) is 0.569. The molecule has 1 unspecified atom stereocenters. The molecule has 0 saturated heterocycles. The van der Waals surface area contributed by atoms with Crippen molar-refractivity contribution >= 4 is 29.0 Å². The van der Waals surface area contributed by atoms with E-state index >= 15 is 0 Å². The minimum Gasteiger partial charge on any atom is -0.447 e. The molecule has 136 valence electrons. The fourth-order valence-electron chi connectivity index (χ4n) is 2.52. The lowest BCUT2D eigenvalue weighted by molar-refractivity contribution is -0.156. The lowest BCUT2D eigenvalue weighted by atomic mass is 10.1.